The average Bonchev–Trinajstić information content (AvgIpc) is 2.73. The molecule has 2 fully saturated rings. The van der Waals surface area contributed by atoms with E-state index in [2.05, 4.69) is 4.90 Å². The predicted molar refractivity (Wildman–Crippen MR) is 112 cm³/mol. The van der Waals surface area contributed by atoms with Crippen molar-refractivity contribution < 1.29 is 14.0 Å². The summed E-state index contributed by atoms with van der Waals surface area (Å²) >= 11 is 0. The average molecular weight is 404 g/mol. The van der Waals surface area contributed by atoms with Crippen LogP contribution in [0.15, 0.2) is 24.3 Å². The van der Waals surface area contributed by atoms with Crippen molar-refractivity contribution in [1.29, 1.82) is 0 Å². The van der Waals surface area contributed by atoms with Gasteiger partial charge in [0.1, 0.15) is 5.82 Å². The summed E-state index contributed by atoms with van der Waals surface area (Å²) in [6, 6.07) is 6.75. The summed E-state index contributed by atoms with van der Waals surface area (Å²) in [5.41, 5.74) is 0.973. The normalized spacial score (nSPS) is 19.1. The molecule has 0 aromatic heterocycles. The summed E-state index contributed by atoms with van der Waals surface area (Å²) in [6.07, 6.45) is 7.28. The number of rotatable bonds is 6. The molecule has 2 amide bonds. The van der Waals surface area contributed by atoms with E-state index >= 15 is 0 Å². The molecular formula is C23H34FN3O2. The van der Waals surface area contributed by atoms with E-state index in [0.717, 1.165) is 57.2 Å². The van der Waals surface area contributed by atoms with Gasteiger partial charge in [0.05, 0.1) is 6.54 Å². The van der Waals surface area contributed by atoms with Gasteiger partial charge in [0.2, 0.25) is 11.8 Å². The van der Waals surface area contributed by atoms with Crippen LogP contribution in [-0.4, -0.2) is 66.3 Å². The lowest BCUT2D eigenvalue weighted by Crippen LogP contribution is -2.48. The summed E-state index contributed by atoms with van der Waals surface area (Å²) in [7, 11) is 3.60. The molecular weight excluding hydrogens is 369 g/mol. The summed E-state index contributed by atoms with van der Waals surface area (Å²) in [6.45, 7) is 2.51. The first-order valence-corrected chi connectivity index (χ1v) is 10.9. The third-order valence-corrected chi connectivity index (χ3v) is 6.34. The minimum absolute atomic E-state index is 0.0741. The lowest BCUT2D eigenvalue weighted by Gasteiger charge is -2.37. The quantitative estimate of drug-likeness (QED) is 0.732. The molecule has 1 heterocycles. The molecule has 1 aliphatic heterocycles. The Morgan fingerprint density at radius 1 is 1.00 bits per heavy atom. The van der Waals surface area contributed by atoms with Crippen molar-refractivity contribution in [1.82, 2.24) is 14.7 Å². The van der Waals surface area contributed by atoms with Crippen LogP contribution >= 0.6 is 0 Å². The number of carbonyl (C=O) groups is 2. The second-order valence-corrected chi connectivity index (χ2v) is 8.72. The van der Waals surface area contributed by atoms with Crippen molar-refractivity contribution in [2.75, 3.05) is 33.7 Å². The fourth-order valence-corrected chi connectivity index (χ4v) is 4.59. The molecule has 0 atom stereocenters. The smallest absolute Gasteiger partial charge is 0.237 e. The Labute approximate surface area is 173 Å². The fraction of sp³-hybridized carbons (Fsp3) is 0.652. The van der Waals surface area contributed by atoms with Gasteiger partial charge in [-0.2, -0.15) is 0 Å². The van der Waals surface area contributed by atoms with Gasteiger partial charge in [0.15, 0.2) is 0 Å². The van der Waals surface area contributed by atoms with Crippen LogP contribution in [0.2, 0.25) is 0 Å². The number of carbonyl (C=O) groups excluding carboxylic acids is 2. The summed E-state index contributed by atoms with van der Waals surface area (Å²) in [4.78, 5) is 31.3. The van der Waals surface area contributed by atoms with E-state index in [4.69, 9.17) is 0 Å². The Kier molecular flexibility index (Phi) is 7.64. The van der Waals surface area contributed by atoms with Crippen LogP contribution in [0.3, 0.4) is 0 Å². The zero-order chi connectivity index (χ0) is 20.8. The molecule has 1 aliphatic carbocycles. The highest BCUT2D eigenvalue weighted by molar-refractivity contribution is 5.79. The second-order valence-electron chi connectivity index (χ2n) is 8.72. The van der Waals surface area contributed by atoms with Crippen molar-refractivity contribution >= 4 is 11.8 Å². The third kappa shape index (κ3) is 6.01. The minimum atomic E-state index is -0.251. The number of amides is 2. The van der Waals surface area contributed by atoms with Gasteiger partial charge >= 0.3 is 0 Å². The van der Waals surface area contributed by atoms with Crippen molar-refractivity contribution in [3.63, 3.8) is 0 Å². The maximum atomic E-state index is 13.3. The van der Waals surface area contributed by atoms with Crippen LogP contribution in [0.25, 0.3) is 0 Å². The zero-order valence-corrected chi connectivity index (χ0v) is 17.8. The van der Waals surface area contributed by atoms with Gasteiger partial charge in [0.25, 0.3) is 0 Å². The van der Waals surface area contributed by atoms with Crippen molar-refractivity contribution in [3.8, 4) is 0 Å². The van der Waals surface area contributed by atoms with Gasteiger partial charge in [-0.15, -0.1) is 0 Å². The Morgan fingerprint density at radius 3 is 2.21 bits per heavy atom. The van der Waals surface area contributed by atoms with E-state index in [1.807, 2.05) is 4.90 Å². The van der Waals surface area contributed by atoms with Crippen molar-refractivity contribution in [3.05, 3.63) is 35.6 Å². The van der Waals surface area contributed by atoms with E-state index in [1.54, 1.807) is 31.1 Å². The number of likely N-dealkylation sites (tertiary alicyclic amines) is 1. The molecule has 2 aliphatic rings. The molecule has 160 valence electrons. The van der Waals surface area contributed by atoms with Crippen LogP contribution in [0.1, 0.15) is 50.5 Å². The highest BCUT2D eigenvalue weighted by Gasteiger charge is 2.30. The van der Waals surface area contributed by atoms with Gasteiger partial charge in [-0.3, -0.25) is 14.5 Å². The number of benzene rings is 1. The van der Waals surface area contributed by atoms with Crippen LogP contribution in [0.5, 0.6) is 0 Å². The number of nitrogens with zero attached hydrogens (tertiary/aromatic N) is 3. The molecule has 1 aromatic rings. The number of hydrogen-bond acceptors (Lipinski definition) is 3. The maximum Gasteiger partial charge on any atom is 0.237 e. The van der Waals surface area contributed by atoms with Crippen LogP contribution in [-0.2, 0) is 16.1 Å². The van der Waals surface area contributed by atoms with Crippen LogP contribution < -0.4 is 0 Å². The van der Waals surface area contributed by atoms with E-state index in [0.29, 0.717) is 13.1 Å². The standard InChI is InChI=1S/C23H34FN3O2/c1-25(2)23(29)19-12-14-26(15-13-19)17-22(28)27(21-6-4-3-5-7-21)16-18-8-10-20(24)11-9-18/h8-11,19,21H,3-7,12-17H2,1-2H3. The molecule has 6 heteroatoms. The molecule has 0 radical (unpaired) electrons. The summed E-state index contributed by atoms with van der Waals surface area (Å²) in [5.74, 6) is 0.166. The Hall–Kier alpha value is -1.95. The van der Waals surface area contributed by atoms with Crippen LogP contribution in [0, 0.1) is 11.7 Å². The van der Waals surface area contributed by atoms with E-state index in [-0.39, 0.29) is 29.6 Å². The summed E-state index contributed by atoms with van der Waals surface area (Å²) in [5, 5.41) is 0. The number of hydrogen-bond donors (Lipinski definition) is 0. The number of piperidine rings is 1. The molecule has 0 spiro atoms. The topological polar surface area (TPSA) is 43.9 Å². The largest absolute Gasteiger partial charge is 0.349 e. The molecule has 5 nitrogen and oxygen atoms in total. The molecule has 1 saturated carbocycles. The van der Waals surface area contributed by atoms with Gasteiger partial charge in [-0.25, -0.2) is 4.39 Å². The molecule has 3 rings (SSSR count). The first kappa shape index (κ1) is 21.8. The van der Waals surface area contributed by atoms with Crippen LogP contribution in [0.4, 0.5) is 4.39 Å². The highest BCUT2D eigenvalue weighted by Crippen LogP contribution is 2.25. The molecule has 1 saturated heterocycles. The van der Waals surface area contributed by atoms with Gasteiger partial charge in [-0.1, -0.05) is 31.4 Å². The first-order chi connectivity index (χ1) is 13.9. The number of halogens is 1. The summed E-state index contributed by atoms with van der Waals surface area (Å²) < 4.78 is 13.3. The first-order valence-electron chi connectivity index (χ1n) is 10.9. The van der Waals surface area contributed by atoms with Gasteiger partial charge in [0, 0.05) is 32.6 Å². The molecule has 0 bridgehead atoms. The lowest BCUT2D eigenvalue weighted by molar-refractivity contribution is -0.137. The predicted octanol–water partition coefficient (Wildman–Crippen LogP) is 3.29. The zero-order valence-electron chi connectivity index (χ0n) is 17.8. The molecule has 0 N–H and O–H groups in total. The second kappa shape index (κ2) is 10.2. The monoisotopic (exact) mass is 403 g/mol. The molecule has 29 heavy (non-hydrogen) atoms. The Balaban J connectivity index is 1.60. The SMILES string of the molecule is CN(C)C(=O)C1CCN(CC(=O)N(Cc2ccc(F)cc2)C2CCCCC2)CC1. The van der Waals surface area contributed by atoms with E-state index < -0.39 is 0 Å². The Bertz CT molecular complexity index is 678. The van der Waals surface area contributed by atoms with Crippen molar-refractivity contribution in [2.45, 2.75) is 57.5 Å². The maximum absolute atomic E-state index is 13.3. The van der Waals surface area contributed by atoms with E-state index in [9.17, 15) is 14.0 Å². The van der Waals surface area contributed by atoms with E-state index in [1.165, 1.54) is 18.6 Å². The van der Waals surface area contributed by atoms with Gasteiger partial charge < -0.3 is 9.80 Å². The minimum Gasteiger partial charge on any atom is -0.349 e. The molecule has 0 unspecified atom stereocenters. The molecule has 1 aromatic carbocycles. The Morgan fingerprint density at radius 2 is 1.62 bits per heavy atom. The van der Waals surface area contributed by atoms with Crippen molar-refractivity contribution in [2.24, 2.45) is 5.92 Å². The highest BCUT2D eigenvalue weighted by atomic mass is 19.1. The van der Waals surface area contributed by atoms with Gasteiger partial charge in [-0.05, 0) is 56.5 Å². The lowest BCUT2D eigenvalue weighted by atomic mass is 9.93. The fourth-order valence-electron chi connectivity index (χ4n) is 4.59. The third-order valence-electron chi connectivity index (χ3n) is 6.34.